The maximum Gasteiger partial charge on any atom is 0.320 e. The Kier molecular flexibility index (Phi) is 1.46. The first kappa shape index (κ1) is 8.22. The summed E-state index contributed by atoms with van der Waals surface area (Å²) in [5.74, 6) is -3.54. The third-order valence-electron chi connectivity index (χ3n) is 2.53. The van der Waals surface area contributed by atoms with E-state index in [1.54, 1.807) is 0 Å². The molecule has 13 heavy (non-hydrogen) atoms. The van der Waals surface area contributed by atoms with Crippen LogP contribution in [0, 0.1) is 11.8 Å². The molecule has 70 valence electrons. The first-order valence-electron chi connectivity index (χ1n) is 3.97. The molecular weight excluding hydrogens is 176 g/mol. The molecule has 0 saturated carbocycles. The van der Waals surface area contributed by atoms with E-state index in [4.69, 9.17) is 9.47 Å². The topological polar surface area (TPSA) is 69.7 Å². The number of fused-ring (bicyclic) bond motifs is 1. The molecule has 2 saturated heterocycles. The zero-order valence-corrected chi connectivity index (χ0v) is 6.98. The van der Waals surface area contributed by atoms with Gasteiger partial charge in [-0.15, -0.1) is 0 Å². The van der Waals surface area contributed by atoms with Gasteiger partial charge in [0.1, 0.15) is 12.2 Å². The Bertz CT molecular complexity index is 297. The Hall–Kier alpha value is -1.39. The lowest BCUT2D eigenvalue weighted by Gasteiger charge is -2.19. The van der Waals surface area contributed by atoms with E-state index in [-0.39, 0.29) is 6.42 Å². The average Bonchev–Trinajstić information content (AvgIpc) is 2.37. The van der Waals surface area contributed by atoms with E-state index >= 15 is 0 Å². The highest BCUT2D eigenvalue weighted by atomic mass is 16.7. The summed E-state index contributed by atoms with van der Waals surface area (Å²) in [6.45, 7) is 1.50. The van der Waals surface area contributed by atoms with Crippen LogP contribution in [0.4, 0.5) is 0 Å². The molecule has 2 aliphatic heterocycles. The number of hydrogen-bond donors (Lipinski definition) is 0. The lowest BCUT2D eigenvalue weighted by Crippen LogP contribution is -2.30. The molecule has 0 aromatic rings. The van der Waals surface area contributed by atoms with Crippen LogP contribution in [0.15, 0.2) is 0 Å². The molecule has 0 spiro atoms. The molecule has 0 N–H and O–H groups in total. The van der Waals surface area contributed by atoms with Crippen LogP contribution in [0.3, 0.4) is 0 Å². The molecule has 0 aromatic heterocycles. The summed E-state index contributed by atoms with van der Waals surface area (Å²) in [5.41, 5.74) is 0. The molecule has 3 unspecified atom stereocenters. The fourth-order valence-corrected chi connectivity index (χ4v) is 1.84. The van der Waals surface area contributed by atoms with Crippen LogP contribution in [-0.4, -0.2) is 24.0 Å². The molecule has 2 fully saturated rings. The first-order valence-corrected chi connectivity index (χ1v) is 3.97. The molecule has 0 aliphatic carbocycles. The third-order valence-corrected chi connectivity index (χ3v) is 2.53. The van der Waals surface area contributed by atoms with Gasteiger partial charge in [-0.2, -0.15) is 0 Å². The number of rotatable bonds is 1. The van der Waals surface area contributed by atoms with Gasteiger partial charge in [-0.1, -0.05) is 0 Å². The summed E-state index contributed by atoms with van der Waals surface area (Å²) in [4.78, 5) is 32.5. The van der Waals surface area contributed by atoms with Crippen molar-refractivity contribution in [1.29, 1.82) is 0 Å². The number of hydrogen-bond acceptors (Lipinski definition) is 5. The van der Waals surface area contributed by atoms with Crippen LogP contribution in [-0.2, 0) is 23.9 Å². The summed E-state index contributed by atoms with van der Waals surface area (Å²) >= 11 is 0. The molecule has 2 heterocycles. The quantitative estimate of drug-likeness (QED) is 0.316. The van der Waals surface area contributed by atoms with Gasteiger partial charge in [-0.3, -0.25) is 9.59 Å². The van der Waals surface area contributed by atoms with Gasteiger partial charge < -0.3 is 14.3 Å². The highest BCUT2D eigenvalue weighted by Gasteiger charge is 2.60. The minimum absolute atomic E-state index is 0.0750. The Balaban J connectivity index is 2.33. The highest BCUT2D eigenvalue weighted by Crippen LogP contribution is 2.44. The summed E-state index contributed by atoms with van der Waals surface area (Å²) < 4.78 is 9.67. The second-order valence-corrected chi connectivity index (χ2v) is 3.38. The molecule has 2 aliphatic rings. The number of aldehydes is 1. The highest BCUT2D eigenvalue weighted by molar-refractivity contribution is 5.92. The van der Waals surface area contributed by atoms with Gasteiger partial charge in [0.2, 0.25) is 0 Å². The smallest absolute Gasteiger partial charge is 0.320 e. The van der Waals surface area contributed by atoms with Crippen LogP contribution >= 0.6 is 0 Å². The summed E-state index contributed by atoms with van der Waals surface area (Å²) in [6, 6.07) is 0. The first-order chi connectivity index (χ1) is 6.07. The Morgan fingerprint density at radius 2 is 2.15 bits per heavy atom. The lowest BCUT2D eigenvalue weighted by molar-refractivity contribution is -0.198. The Labute approximate surface area is 74.0 Å². The maximum atomic E-state index is 11.1. The summed E-state index contributed by atoms with van der Waals surface area (Å²) in [7, 11) is 0. The van der Waals surface area contributed by atoms with Gasteiger partial charge >= 0.3 is 11.9 Å². The van der Waals surface area contributed by atoms with Crippen molar-refractivity contribution in [3.05, 3.63) is 0 Å². The van der Waals surface area contributed by atoms with Gasteiger partial charge in [-0.05, 0) is 0 Å². The zero-order chi connectivity index (χ0) is 9.64. The van der Waals surface area contributed by atoms with Crippen LogP contribution in [0.25, 0.3) is 0 Å². The summed E-state index contributed by atoms with van der Waals surface area (Å²) in [6.07, 6.45) is 0.589. The van der Waals surface area contributed by atoms with E-state index in [9.17, 15) is 14.4 Å². The number of esters is 2. The maximum absolute atomic E-state index is 11.1. The second kappa shape index (κ2) is 2.31. The number of carbonyl (C=O) groups excluding carboxylic acids is 3. The van der Waals surface area contributed by atoms with Gasteiger partial charge in [0.15, 0.2) is 0 Å². The van der Waals surface area contributed by atoms with E-state index in [1.807, 2.05) is 0 Å². The van der Waals surface area contributed by atoms with E-state index in [1.165, 1.54) is 6.92 Å². The van der Waals surface area contributed by atoms with E-state index in [0.29, 0.717) is 6.29 Å². The zero-order valence-electron chi connectivity index (χ0n) is 6.98. The van der Waals surface area contributed by atoms with Crippen LogP contribution < -0.4 is 0 Å². The van der Waals surface area contributed by atoms with E-state index in [2.05, 4.69) is 0 Å². The molecule has 0 amide bonds. The van der Waals surface area contributed by atoms with Crippen molar-refractivity contribution >= 4 is 18.2 Å². The Morgan fingerprint density at radius 1 is 1.46 bits per heavy atom. The summed E-state index contributed by atoms with van der Waals surface area (Å²) in [5, 5.41) is 0. The predicted octanol–water partition coefficient (Wildman–Crippen LogP) is -0.362. The minimum Gasteiger partial charge on any atom is -0.422 e. The fourth-order valence-electron chi connectivity index (χ4n) is 1.84. The standard InChI is InChI=1S/C8H8O5/c1-8-5(2-6(10)12-8)4(3-9)7(11)13-8/h3-5H,2H2,1H3. The number of carbonyl (C=O) groups is 3. The molecular formula is C8H8O5. The molecule has 0 radical (unpaired) electrons. The van der Waals surface area contributed by atoms with Crippen molar-refractivity contribution in [2.75, 3.05) is 0 Å². The van der Waals surface area contributed by atoms with Crippen molar-refractivity contribution in [2.24, 2.45) is 11.8 Å². The van der Waals surface area contributed by atoms with Crippen molar-refractivity contribution < 1.29 is 23.9 Å². The van der Waals surface area contributed by atoms with Crippen molar-refractivity contribution in [2.45, 2.75) is 19.1 Å². The lowest BCUT2D eigenvalue weighted by atomic mass is 9.89. The monoisotopic (exact) mass is 184 g/mol. The van der Waals surface area contributed by atoms with Crippen LogP contribution in [0.5, 0.6) is 0 Å². The van der Waals surface area contributed by atoms with Crippen LogP contribution in [0.2, 0.25) is 0 Å². The molecule has 3 atom stereocenters. The third kappa shape index (κ3) is 0.961. The molecule has 0 bridgehead atoms. The van der Waals surface area contributed by atoms with Gasteiger partial charge in [0.25, 0.3) is 5.79 Å². The van der Waals surface area contributed by atoms with Crippen molar-refractivity contribution in [3.8, 4) is 0 Å². The van der Waals surface area contributed by atoms with E-state index < -0.39 is 29.6 Å². The van der Waals surface area contributed by atoms with Crippen LogP contribution in [0.1, 0.15) is 13.3 Å². The van der Waals surface area contributed by atoms with Crippen molar-refractivity contribution in [1.82, 2.24) is 0 Å². The predicted molar refractivity (Wildman–Crippen MR) is 38.3 cm³/mol. The minimum atomic E-state index is -1.21. The Morgan fingerprint density at radius 3 is 2.77 bits per heavy atom. The van der Waals surface area contributed by atoms with Gasteiger partial charge in [0.05, 0.1) is 12.3 Å². The van der Waals surface area contributed by atoms with Gasteiger partial charge in [-0.25, -0.2) is 0 Å². The van der Waals surface area contributed by atoms with Gasteiger partial charge in [0, 0.05) is 6.92 Å². The molecule has 5 nitrogen and oxygen atoms in total. The normalized spacial score (nSPS) is 42.5. The van der Waals surface area contributed by atoms with Crippen molar-refractivity contribution in [3.63, 3.8) is 0 Å². The average molecular weight is 184 g/mol. The number of ether oxygens (including phenoxy) is 2. The fraction of sp³-hybridized carbons (Fsp3) is 0.625. The van der Waals surface area contributed by atoms with E-state index in [0.717, 1.165) is 0 Å². The SMILES string of the molecule is CC12OC(=O)CC1C(C=O)C(=O)O2. The molecule has 0 aromatic carbocycles. The second-order valence-electron chi connectivity index (χ2n) is 3.38. The molecule has 5 heteroatoms. The molecule has 2 rings (SSSR count). The largest absolute Gasteiger partial charge is 0.422 e.